The maximum Gasteiger partial charge on any atom is 0.340 e. The van der Waals surface area contributed by atoms with Gasteiger partial charge in [0.1, 0.15) is 5.76 Å². The molecule has 1 N–H and O–H groups in total. The summed E-state index contributed by atoms with van der Waals surface area (Å²) in [5, 5.41) is 2.84. The van der Waals surface area contributed by atoms with E-state index in [9.17, 15) is 9.59 Å². The summed E-state index contributed by atoms with van der Waals surface area (Å²) >= 11 is 0. The fraction of sp³-hybridized carbons (Fsp3) is 0.154. The highest BCUT2D eigenvalue weighted by atomic mass is 16.5. The molecule has 2 heterocycles. The number of rotatable bonds is 7. The summed E-state index contributed by atoms with van der Waals surface area (Å²) in [4.78, 5) is 25.1. The molecule has 32 heavy (non-hydrogen) atoms. The summed E-state index contributed by atoms with van der Waals surface area (Å²) in [6, 6.07) is 22.8. The van der Waals surface area contributed by atoms with Gasteiger partial charge in [-0.25, -0.2) is 4.79 Å². The Bertz CT molecular complexity index is 1220. The number of carbonyl (C=O) groups is 2. The molecular formula is C26H24N2O4. The van der Waals surface area contributed by atoms with Gasteiger partial charge in [0.15, 0.2) is 6.61 Å². The minimum atomic E-state index is -0.532. The summed E-state index contributed by atoms with van der Waals surface area (Å²) in [6.07, 6.45) is 1.62. The molecule has 0 aliphatic rings. The second-order valence-electron chi connectivity index (χ2n) is 7.49. The smallest absolute Gasteiger partial charge is 0.340 e. The lowest BCUT2D eigenvalue weighted by atomic mass is 10.0. The maximum absolute atomic E-state index is 12.6. The molecule has 0 saturated carbocycles. The van der Waals surface area contributed by atoms with Crippen molar-refractivity contribution in [1.29, 1.82) is 0 Å². The molecule has 0 fully saturated rings. The summed E-state index contributed by atoms with van der Waals surface area (Å²) in [5.74, 6) is -0.135. The molecule has 0 atom stereocenters. The first-order valence-electron chi connectivity index (χ1n) is 10.3. The fourth-order valence-electron chi connectivity index (χ4n) is 3.67. The Hall–Kier alpha value is -4.06. The van der Waals surface area contributed by atoms with Gasteiger partial charge in [-0.1, -0.05) is 48.5 Å². The Morgan fingerprint density at radius 3 is 2.47 bits per heavy atom. The first-order valence-corrected chi connectivity index (χ1v) is 10.3. The van der Waals surface area contributed by atoms with Crippen LogP contribution in [0.15, 0.2) is 83.5 Å². The predicted molar refractivity (Wildman–Crippen MR) is 123 cm³/mol. The van der Waals surface area contributed by atoms with Crippen molar-refractivity contribution in [2.45, 2.75) is 20.4 Å². The lowest BCUT2D eigenvalue weighted by Gasteiger charge is -2.12. The zero-order valence-electron chi connectivity index (χ0n) is 18.0. The highest BCUT2D eigenvalue weighted by Gasteiger charge is 2.19. The number of anilines is 1. The van der Waals surface area contributed by atoms with Crippen LogP contribution in [-0.2, 0) is 16.1 Å². The van der Waals surface area contributed by atoms with Gasteiger partial charge < -0.3 is 19.0 Å². The molecule has 2 aromatic heterocycles. The van der Waals surface area contributed by atoms with Gasteiger partial charge in [0.2, 0.25) is 0 Å². The van der Waals surface area contributed by atoms with Crippen molar-refractivity contribution in [2.75, 3.05) is 11.9 Å². The Morgan fingerprint density at radius 1 is 0.969 bits per heavy atom. The van der Waals surface area contributed by atoms with Gasteiger partial charge in [0, 0.05) is 22.6 Å². The molecular weight excluding hydrogens is 404 g/mol. The zero-order valence-corrected chi connectivity index (χ0v) is 18.0. The standard InChI is InChI=1S/C26H24N2O4/c1-18-15-23(19(2)28(18)16-21-11-8-14-31-21)26(30)32-17-25(29)27-24-13-7-6-12-22(24)20-9-4-3-5-10-20/h3-15H,16-17H2,1-2H3,(H,27,29). The Balaban J connectivity index is 1.41. The van der Waals surface area contributed by atoms with Crippen LogP contribution in [0.4, 0.5) is 5.69 Å². The van der Waals surface area contributed by atoms with Gasteiger partial charge in [-0.3, -0.25) is 4.79 Å². The van der Waals surface area contributed by atoms with Crippen LogP contribution in [0, 0.1) is 13.8 Å². The Morgan fingerprint density at radius 2 is 1.72 bits per heavy atom. The number of ether oxygens (including phenoxy) is 1. The molecule has 0 unspecified atom stereocenters. The van der Waals surface area contributed by atoms with Crippen molar-refractivity contribution < 1.29 is 18.7 Å². The van der Waals surface area contributed by atoms with E-state index in [4.69, 9.17) is 9.15 Å². The third-order valence-corrected chi connectivity index (χ3v) is 5.31. The monoisotopic (exact) mass is 428 g/mol. The molecule has 162 valence electrons. The van der Waals surface area contributed by atoms with Crippen LogP contribution in [0.1, 0.15) is 27.5 Å². The molecule has 0 saturated heterocycles. The topological polar surface area (TPSA) is 73.5 Å². The Labute approximate surface area is 186 Å². The maximum atomic E-state index is 12.6. The number of para-hydroxylation sites is 1. The van der Waals surface area contributed by atoms with E-state index in [0.717, 1.165) is 28.3 Å². The van der Waals surface area contributed by atoms with E-state index in [1.807, 2.05) is 85.1 Å². The van der Waals surface area contributed by atoms with Crippen LogP contribution in [0.2, 0.25) is 0 Å². The largest absolute Gasteiger partial charge is 0.467 e. The fourth-order valence-corrected chi connectivity index (χ4v) is 3.67. The van der Waals surface area contributed by atoms with Crippen LogP contribution in [0.25, 0.3) is 11.1 Å². The van der Waals surface area contributed by atoms with Gasteiger partial charge in [0.25, 0.3) is 5.91 Å². The summed E-state index contributed by atoms with van der Waals surface area (Å²) < 4.78 is 12.7. The average molecular weight is 428 g/mol. The summed E-state index contributed by atoms with van der Waals surface area (Å²) in [5.41, 5.74) is 4.66. The minimum Gasteiger partial charge on any atom is -0.467 e. The SMILES string of the molecule is Cc1cc(C(=O)OCC(=O)Nc2ccccc2-c2ccccc2)c(C)n1Cc1ccco1. The number of hydrogen-bond acceptors (Lipinski definition) is 4. The molecule has 0 bridgehead atoms. The molecule has 0 aliphatic carbocycles. The number of amides is 1. The van der Waals surface area contributed by atoms with Crippen molar-refractivity contribution >= 4 is 17.6 Å². The number of esters is 1. The average Bonchev–Trinajstić information content (AvgIpc) is 3.42. The lowest BCUT2D eigenvalue weighted by molar-refractivity contribution is -0.119. The third kappa shape index (κ3) is 4.64. The van der Waals surface area contributed by atoms with Crippen LogP contribution in [0.3, 0.4) is 0 Å². The van der Waals surface area contributed by atoms with E-state index >= 15 is 0 Å². The van der Waals surface area contributed by atoms with E-state index in [2.05, 4.69) is 5.32 Å². The zero-order chi connectivity index (χ0) is 22.5. The van der Waals surface area contributed by atoms with Crippen LogP contribution in [0.5, 0.6) is 0 Å². The lowest BCUT2D eigenvalue weighted by Crippen LogP contribution is -2.21. The van der Waals surface area contributed by atoms with Crippen LogP contribution in [-0.4, -0.2) is 23.1 Å². The van der Waals surface area contributed by atoms with Crippen molar-refractivity contribution in [2.24, 2.45) is 0 Å². The number of benzene rings is 2. The van der Waals surface area contributed by atoms with Crippen molar-refractivity contribution in [3.8, 4) is 11.1 Å². The Kier molecular flexibility index (Phi) is 6.22. The molecule has 0 aliphatic heterocycles. The van der Waals surface area contributed by atoms with E-state index in [1.165, 1.54) is 0 Å². The highest BCUT2D eigenvalue weighted by Crippen LogP contribution is 2.27. The number of nitrogens with one attached hydrogen (secondary N) is 1. The summed E-state index contributed by atoms with van der Waals surface area (Å²) in [7, 11) is 0. The molecule has 6 nitrogen and oxygen atoms in total. The molecule has 2 aromatic carbocycles. The van der Waals surface area contributed by atoms with E-state index in [1.54, 1.807) is 12.3 Å². The highest BCUT2D eigenvalue weighted by molar-refractivity contribution is 5.98. The molecule has 4 aromatic rings. The first kappa shape index (κ1) is 21.2. The number of nitrogens with zero attached hydrogens (tertiary/aromatic N) is 1. The number of carbonyl (C=O) groups excluding carboxylic acids is 2. The van der Waals surface area contributed by atoms with Gasteiger partial charge in [0.05, 0.1) is 18.4 Å². The van der Waals surface area contributed by atoms with Gasteiger partial charge >= 0.3 is 5.97 Å². The minimum absolute atomic E-state index is 0.371. The quantitative estimate of drug-likeness (QED) is 0.410. The molecule has 6 heteroatoms. The second-order valence-corrected chi connectivity index (χ2v) is 7.49. The van der Waals surface area contributed by atoms with Gasteiger partial charge in [-0.05, 0) is 43.7 Å². The predicted octanol–water partition coefficient (Wildman–Crippen LogP) is 5.21. The van der Waals surface area contributed by atoms with Crippen LogP contribution < -0.4 is 5.32 Å². The van der Waals surface area contributed by atoms with Crippen molar-refractivity contribution in [3.63, 3.8) is 0 Å². The number of aryl methyl sites for hydroxylation is 1. The number of furan rings is 1. The summed E-state index contributed by atoms with van der Waals surface area (Å²) in [6.45, 7) is 3.92. The first-order chi connectivity index (χ1) is 15.5. The van der Waals surface area contributed by atoms with E-state index in [0.29, 0.717) is 17.8 Å². The van der Waals surface area contributed by atoms with Gasteiger partial charge in [-0.2, -0.15) is 0 Å². The van der Waals surface area contributed by atoms with Crippen molar-refractivity contribution in [3.05, 3.63) is 102 Å². The van der Waals surface area contributed by atoms with Crippen molar-refractivity contribution in [1.82, 2.24) is 4.57 Å². The van der Waals surface area contributed by atoms with E-state index in [-0.39, 0.29) is 6.61 Å². The number of aromatic nitrogens is 1. The number of hydrogen-bond donors (Lipinski definition) is 1. The molecule has 0 spiro atoms. The van der Waals surface area contributed by atoms with Crippen LogP contribution >= 0.6 is 0 Å². The molecule has 4 rings (SSSR count). The van der Waals surface area contributed by atoms with E-state index < -0.39 is 11.9 Å². The third-order valence-electron chi connectivity index (χ3n) is 5.31. The van der Waals surface area contributed by atoms with Gasteiger partial charge in [-0.15, -0.1) is 0 Å². The normalized spacial score (nSPS) is 10.7. The molecule has 1 amide bonds. The second kappa shape index (κ2) is 9.39. The molecule has 0 radical (unpaired) electrons.